The fourth-order valence-electron chi connectivity index (χ4n) is 1.98. The zero-order chi connectivity index (χ0) is 13.7. The number of nitrogens with two attached hydrogens (primary N) is 1. The molecule has 1 unspecified atom stereocenters. The lowest BCUT2D eigenvalue weighted by molar-refractivity contribution is 0.503. The highest BCUT2D eigenvalue weighted by Crippen LogP contribution is 2.20. The Morgan fingerprint density at radius 3 is 2.53 bits per heavy atom. The van der Waals surface area contributed by atoms with Crippen molar-refractivity contribution in [1.82, 2.24) is 10.4 Å². The molecule has 100 valence electrons. The summed E-state index contributed by atoms with van der Waals surface area (Å²) < 4.78 is 26.3. The number of benzene rings is 1. The van der Waals surface area contributed by atoms with Gasteiger partial charge in [-0.15, -0.1) is 0 Å². The van der Waals surface area contributed by atoms with E-state index in [1.807, 2.05) is 12.1 Å². The van der Waals surface area contributed by atoms with E-state index in [4.69, 9.17) is 5.84 Å². The number of nitrogens with one attached hydrogen (secondary N) is 1. The summed E-state index contributed by atoms with van der Waals surface area (Å²) in [4.78, 5) is 4.02. The third-order valence-electron chi connectivity index (χ3n) is 2.93. The minimum atomic E-state index is -0.600. The Hall–Kier alpha value is -1.85. The van der Waals surface area contributed by atoms with Gasteiger partial charge >= 0.3 is 0 Å². The maximum atomic E-state index is 13.2. The predicted molar refractivity (Wildman–Crippen MR) is 69.0 cm³/mol. The highest BCUT2D eigenvalue weighted by atomic mass is 19.1. The van der Waals surface area contributed by atoms with Crippen LogP contribution < -0.4 is 11.3 Å². The second-order valence-electron chi connectivity index (χ2n) is 4.32. The second-order valence-corrected chi connectivity index (χ2v) is 4.32. The van der Waals surface area contributed by atoms with Crippen molar-refractivity contribution in [2.45, 2.75) is 18.9 Å². The highest BCUT2D eigenvalue weighted by molar-refractivity contribution is 5.22. The molecule has 0 saturated heterocycles. The molecule has 3 N–H and O–H groups in total. The van der Waals surface area contributed by atoms with Gasteiger partial charge in [0.25, 0.3) is 0 Å². The van der Waals surface area contributed by atoms with Crippen LogP contribution in [-0.4, -0.2) is 4.98 Å². The van der Waals surface area contributed by atoms with E-state index in [0.717, 1.165) is 18.1 Å². The summed E-state index contributed by atoms with van der Waals surface area (Å²) >= 11 is 0. The first kappa shape index (κ1) is 13.6. The number of pyridine rings is 1. The summed E-state index contributed by atoms with van der Waals surface area (Å²) in [6.07, 6.45) is 4.82. The molecular formula is C14H15F2N3. The molecular weight excluding hydrogens is 248 g/mol. The van der Waals surface area contributed by atoms with Crippen molar-refractivity contribution in [3.8, 4) is 0 Å². The first-order chi connectivity index (χ1) is 9.19. The average molecular weight is 263 g/mol. The largest absolute Gasteiger partial charge is 0.271 e. The third-order valence-corrected chi connectivity index (χ3v) is 2.93. The molecule has 3 nitrogen and oxygen atoms in total. The van der Waals surface area contributed by atoms with Crippen molar-refractivity contribution in [2.24, 2.45) is 5.84 Å². The molecule has 2 aromatic rings. The molecule has 2 rings (SSSR count). The molecule has 5 heteroatoms. The summed E-state index contributed by atoms with van der Waals surface area (Å²) in [5.74, 6) is 4.26. The van der Waals surface area contributed by atoms with E-state index in [0.29, 0.717) is 12.0 Å². The summed E-state index contributed by atoms with van der Waals surface area (Å²) in [6.45, 7) is 0. The predicted octanol–water partition coefficient (Wildman–Crippen LogP) is 2.50. The van der Waals surface area contributed by atoms with Crippen LogP contribution in [0.3, 0.4) is 0 Å². The first-order valence-corrected chi connectivity index (χ1v) is 6.00. The van der Waals surface area contributed by atoms with Gasteiger partial charge in [0.15, 0.2) is 0 Å². The monoisotopic (exact) mass is 263 g/mol. The van der Waals surface area contributed by atoms with Gasteiger partial charge in [-0.3, -0.25) is 16.3 Å². The van der Waals surface area contributed by atoms with Gasteiger partial charge in [0, 0.05) is 24.5 Å². The minimum Gasteiger partial charge on any atom is -0.271 e. The van der Waals surface area contributed by atoms with Gasteiger partial charge in [0.05, 0.1) is 0 Å². The van der Waals surface area contributed by atoms with Gasteiger partial charge < -0.3 is 0 Å². The molecule has 1 aromatic carbocycles. The quantitative estimate of drug-likeness (QED) is 0.643. The van der Waals surface area contributed by atoms with E-state index in [1.54, 1.807) is 12.4 Å². The van der Waals surface area contributed by atoms with Crippen LogP contribution in [0.15, 0.2) is 42.7 Å². The first-order valence-electron chi connectivity index (χ1n) is 6.00. The van der Waals surface area contributed by atoms with Crippen LogP contribution in [-0.2, 0) is 6.42 Å². The summed E-state index contributed by atoms with van der Waals surface area (Å²) in [6, 6.07) is 6.92. The van der Waals surface area contributed by atoms with Gasteiger partial charge in [-0.25, -0.2) is 8.78 Å². The number of hydrogen-bond donors (Lipinski definition) is 2. The van der Waals surface area contributed by atoms with Crippen molar-refractivity contribution in [2.75, 3.05) is 0 Å². The summed E-state index contributed by atoms with van der Waals surface area (Å²) in [5, 5.41) is 0. The Labute approximate surface area is 110 Å². The average Bonchev–Trinajstić information content (AvgIpc) is 2.39. The van der Waals surface area contributed by atoms with E-state index in [2.05, 4.69) is 10.4 Å². The molecule has 0 fully saturated rings. The number of aromatic nitrogens is 1. The fraction of sp³-hybridized carbons (Fsp3) is 0.214. The van der Waals surface area contributed by atoms with Crippen molar-refractivity contribution < 1.29 is 8.78 Å². The molecule has 0 spiro atoms. The van der Waals surface area contributed by atoms with E-state index in [9.17, 15) is 8.78 Å². The molecule has 0 aliphatic carbocycles. The molecule has 0 aliphatic rings. The zero-order valence-electron chi connectivity index (χ0n) is 10.3. The molecule has 0 saturated carbocycles. The van der Waals surface area contributed by atoms with Gasteiger partial charge in [-0.05, 0) is 42.2 Å². The number of halogens is 2. The SMILES string of the molecule is NNC(CCc1cccnc1)c1cc(F)cc(F)c1. The fourth-order valence-corrected chi connectivity index (χ4v) is 1.98. The maximum absolute atomic E-state index is 13.2. The van der Waals surface area contributed by atoms with Crippen LogP contribution in [0, 0.1) is 11.6 Å². The smallest absolute Gasteiger partial charge is 0.126 e. The summed E-state index contributed by atoms with van der Waals surface area (Å²) in [5.41, 5.74) is 4.15. The van der Waals surface area contributed by atoms with Crippen LogP contribution >= 0.6 is 0 Å². The Balaban J connectivity index is 2.07. The number of hydrazine groups is 1. The molecule has 0 radical (unpaired) electrons. The van der Waals surface area contributed by atoms with Crippen molar-refractivity contribution in [1.29, 1.82) is 0 Å². The Morgan fingerprint density at radius 2 is 1.95 bits per heavy atom. The molecule has 0 bridgehead atoms. The number of hydrogen-bond acceptors (Lipinski definition) is 3. The zero-order valence-corrected chi connectivity index (χ0v) is 10.3. The van der Waals surface area contributed by atoms with Crippen LogP contribution in [0.2, 0.25) is 0 Å². The Kier molecular flexibility index (Phi) is 4.54. The van der Waals surface area contributed by atoms with Gasteiger partial charge in [-0.2, -0.15) is 0 Å². The van der Waals surface area contributed by atoms with E-state index in [1.165, 1.54) is 12.1 Å². The van der Waals surface area contributed by atoms with E-state index < -0.39 is 11.6 Å². The summed E-state index contributed by atoms with van der Waals surface area (Å²) in [7, 11) is 0. The topological polar surface area (TPSA) is 50.9 Å². The Morgan fingerprint density at radius 1 is 1.21 bits per heavy atom. The number of rotatable bonds is 5. The van der Waals surface area contributed by atoms with Crippen molar-refractivity contribution in [3.63, 3.8) is 0 Å². The lowest BCUT2D eigenvalue weighted by Crippen LogP contribution is -2.28. The van der Waals surface area contributed by atoms with Crippen molar-refractivity contribution in [3.05, 3.63) is 65.5 Å². The van der Waals surface area contributed by atoms with Crippen LogP contribution in [0.25, 0.3) is 0 Å². The van der Waals surface area contributed by atoms with Crippen LogP contribution in [0.5, 0.6) is 0 Å². The molecule has 19 heavy (non-hydrogen) atoms. The van der Waals surface area contributed by atoms with Crippen LogP contribution in [0.4, 0.5) is 8.78 Å². The molecule has 0 amide bonds. The maximum Gasteiger partial charge on any atom is 0.126 e. The van der Waals surface area contributed by atoms with Crippen LogP contribution in [0.1, 0.15) is 23.6 Å². The van der Waals surface area contributed by atoms with Crippen molar-refractivity contribution >= 4 is 0 Å². The Bertz CT molecular complexity index is 511. The van der Waals surface area contributed by atoms with E-state index >= 15 is 0 Å². The molecule has 1 aromatic heterocycles. The van der Waals surface area contributed by atoms with E-state index in [-0.39, 0.29) is 6.04 Å². The lowest BCUT2D eigenvalue weighted by atomic mass is 10.00. The van der Waals surface area contributed by atoms with Gasteiger partial charge in [0.2, 0.25) is 0 Å². The number of aryl methyl sites for hydroxylation is 1. The standard InChI is InChI=1S/C14H15F2N3/c15-12-6-11(7-13(16)8-12)14(19-17)4-3-10-2-1-5-18-9-10/h1-2,5-9,14,19H,3-4,17H2. The van der Waals surface area contributed by atoms with Gasteiger partial charge in [0.1, 0.15) is 11.6 Å². The minimum absolute atomic E-state index is 0.301. The molecule has 0 aliphatic heterocycles. The molecule has 1 atom stereocenters. The number of nitrogens with zero attached hydrogens (tertiary/aromatic N) is 1. The highest BCUT2D eigenvalue weighted by Gasteiger charge is 2.12. The normalized spacial score (nSPS) is 12.4. The molecule has 1 heterocycles. The lowest BCUT2D eigenvalue weighted by Gasteiger charge is -2.16. The third kappa shape index (κ3) is 3.81. The second kappa shape index (κ2) is 6.36. The van der Waals surface area contributed by atoms with Gasteiger partial charge in [-0.1, -0.05) is 6.07 Å².